The molecule has 0 amide bonds. The summed E-state index contributed by atoms with van der Waals surface area (Å²) < 4.78 is 25.4. The summed E-state index contributed by atoms with van der Waals surface area (Å²) in [6.45, 7) is 3.03. The molecule has 2 rings (SSSR count). The fraction of sp³-hybridized carbons (Fsp3) is 0.538. The maximum absolute atomic E-state index is 12.1. The van der Waals surface area contributed by atoms with E-state index >= 15 is 0 Å². The van der Waals surface area contributed by atoms with Crippen LogP contribution in [0.15, 0.2) is 23.1 Å². The Morgan fingerprint density at radius 2 is 2.00 bits per heavy atom. The van der Waals surface area contributed by atoms with Crippen LogP contribution in [0.3, 0.4) is 0 Å². The number of nitrogen functional groups attached to an aromatic ring is 1. The Bertz CT molecular complexity index is 578. The molecular weight excluding hydrogens is 262 g/mol. The smallest absolute Gasteiger partial charge is 0.244 e. The first kappa shape index (κ1) is 14.1. The van der Waals surface area contributed by atoms with Crippen LogP contribution < -0.4 is 11.1 Å². The largest absolute Gasteiger partial charge is 0.396 e. The molecule has 0 spiro atoms. The molecule has 5 nitrogen and oxygen atoms in total. The monoisotopic (exact) mass is 283 g/mol. The predicted octanol–water partition coefficient (Wildman–Crippen LogP) is 1.73. The van der Waals surface area contributed by atoms with Gasteiger partial charge in [-0.1, -0.05) is 13.0 Å². The first-order chi connectivity index (χ1) is 8.76. The Kier molecular flexibility index (Phi) is 3.49. The molecule has 0 saturated heterocycles. The number of benzene rings is 1. The molecule has 1 saturated carbocycles. The van der Waals surface area contributed by atoms with E-state index in [9.17, 15) is 8.42 Å². The molecule has 0 aliphatic heterocycles. The second-order valence-corrected chi connectivity index (χ2v) is 7.79. The van der Waals surface area contributed by atoms with Crippen molar-refractivity contribution in [3.8, 4) is 0 Å². The Hall–Kier alpha value is -1.27. The Morgan fingerprint density at radius 3 is 2.53 bits per heavy atom. The number of hydrogen-bond donors (Lipinski definition) is 2. The molecule has 6 heteroatoms. The number of rotatable bonds is 5. The first-order valence-electron chi connectivity index (χ1n) is 6.31. The fourth-order valence-corrected chi connectivity index (χ4v) is 2.85. The molecule has 106 valence electrons. The molecule has 1 aliphatic carbocycles. The lowest BCUT2D eigenvalue weighted by Gasteiger charge is -2.17. The molecular formula is C13H21N3O2S. The van der Waals surface area contributed by atoms with E-state index in [4.69, 9.17) is 5.73 Å². The van der Waals surface area contributed by atoms with E-state index in [0.29, 0.717) is 16.8 Å². The molecule has 1 aliphatic rings. The van der Waals surface area contributed by atoms with Crippen LogP contribution in [0.5, 0.6) is 0 Å². The van der Waals surface area contributed by atoms with Crippen molar-refractivity contribution >= 4 is 21.4 Å². The summed E-state index contributed by atoms with van der Waals surface area (Å²) in [6.07, 6.45) is 2.41. The molecule has 1 aromatic rings. The number of nitrogens with one attached hydrogen (secondary N) is 1. The lowest BCUT2D eigenvalue weighted by atomic mass is 10.1. The highest BCUT2D eigenvalue weighted by Gasteiger charge is 2.37. The van der Waals surface area contributed by atoms with Crippen molar-refractivity contribution in [3.63, 3.8) is 0 Å². The van der Waals surface area contributed by atoms with Gasteiger partial charge < -0.3 is 11.1 Å². The molecule has 0 atom stereocenters. The van der Waals surface area contributed by atoms with Crippen molar-refractivity contribution in [2.75, 3.05) is 31.7 Å². The zero-order chi connectivity index (χ0) is 14.3. The van der Waals surface area contributed by atoms with Crippen LogP contribution in [0.25, 0.3) is 0 Å². The zero-order valence-electron chi connectivity index (χ0n) is 11.6. The summed E-state index contributed by atoms with van der Waals surface area (Å²) in [5, 5.41) is 3.26. The van der Waals surface area contributed by atoms with Gasteiger partial charge >= 0.3 is 0 Å². The minimum Gasteiger partial charge on any atom is -0.396 e. The minimum absolute atomic E-state index is 0.156. The highest BCUT2D eigenvalue weighted by Crippen LogP contribution is 2.45. The van der Waals surface area contributed by atoms with E-state index in [1.54, 1.807) is 6.07 Å². The maximum Gasteiger partial charge on any atom is 0.244 e. The van der Waals surface area contributed by atoms with Gasteiger partial charge in [0.2, 0.25) is 10.0 Å². The van der Waals surface area contributed by atoms with Crippen LogP contribution in [0.2, 0.25) is 0 Å². The third-order valence-electron chi connectivity index (χ3n) is 3.63. The highest BCUT2D eigenvalue weighted by atomic mass is 32.2. The van der Waals surface area contributed by atoms with Crippen LogP contribution >= 0.6 is 0 Å². The summed E-state index contributed by atoms with van der Waals surface area (Å²) in [7, 11) is -0.500. The lowest BCUT2D eigenvalue weighted by Crippen LogP contribution is -2.23. The van der Waals surface area contributed by atoms with Crippen LogP contribution in [0.1, 0.15) is 19.8 Å². The first-order valence-corrected chi connectivity index (χ1v) is 7.75. The average molecular weight is 283 g/mol. The summed E-state index contributed by atoms with van der Waals surface area (Å²) in [4.78, 5) is 0.156. The van der Waals surface area contributed by atoms with E-state index < -0.39 is 10.0 Å². The van der Waals surface area contributed by atoms with Gasteiger partial charge in [0, 0.05) is 20.6 Å². The van der Waals surface area contributed by atoms with Crippen LogP contribution in [0.4, 0.5) is 11.4 Å². The van der Waals surface area contributed by atoms with E-state index in [1.807, 2.05) is 6.07 Å². The maximum atomic E-state index is 12.1. The molecule has 19 heavy (non-hydrogen) atoms. The van der Waals surface area contributed by atoms with Crippen LogP contribution in [-0.2, 0) is 10.0 Å². The number of sulfonamides is 1. The Labute approximate surface area is 114 Å². The molecule has 0 heterocycles. The number of hydrogen-bond acceptors (Lipinski definition) is 4. The predicted molar refractivity (Wildman–Crippen MR) is 77.6 cm³/mol. The summed E-state index contributed by atoms with van der Waals surface area (Å²) in [5.41, 5.74) is 7.31. The number of anilines is 2. The average Bonchev–Trinajstić information content (AvgIpc) is 3.06. The van der Waals surface area contributed by atoms with Gasteiger partial charge in [-0.3, -0.25) is 0 Å². The summed E-state index contributed by atoms with van der Waals surface area (Å²) >= 11 is 0. The van der Waals surface area contributed by atoms with Crippen molar-refractivity contribution in [2.24, 2.45) is 5.41 Å². The van der Waals surface area contributed by atoms with Gasteiger partial charge in [-0.05, 0) is 30.4 Å². The van der Waals surface area contributed by atoms with Crippen LogP contribution in [0, 0.1) is 5.41 Å². The highest BCUT2D eigenvalue weighted by molar-refractivity contribution is 7.89. The van der Waals surface area contributed by atoms with Gasteiger partial charge in [0.05, 0.1) is 11.4 Å². The van der Waals surface area contributed by atoms with Crippen molar-refractivity contribution in [2.45, 2.75) is 24.7 Å². The second-order valence-electron chi connectivity index (χ2n) is 5.67. The lowest BCUT2D eigenvalue weighted by molar-refractivity contribution is 0.521. The molecule has 0 unspecified atom stereocenters. The third kappa shape index (κ3) is 2.84. The van der Waals surface area contributed by atoms with Crippen LogP contribution in [-0.4, -0.2) is 33.4 Å². The van der Waals surface area contributed by atoms with E-state index in [2.05, 4.69) is 12.2 Å². The van der Waals surface area contributed by atoms with Gasteiger partial charge in [0.1, 0.15) is 4.90 Å². The van der Waals surface area contributed by atoms with Crippen molar-refractivity contribution in [1.29, 1.82) is 0 Å². The standard InChI is InChI=1S/C13H21N3O2S/c1-13(7-8-13)9-15-10-5-4-6-11(12(10)14)19(17,18)16(2)3/h4-6,15H,7-9,14H2,1-3H3. The topological polar surface area (TPSA) is 75.4 Å². The van der Waals surface area contributed by atoms with Gasteiger partial charge in [-0.2, -0.15) is 0 Å². The van der Waals surface area contributed by atoms with Crippen molar-refractivity contribution < 1.29 is 8.42 Å². The molecule has 3 N–H and O–H groups in total. The number of para-hydroxylation sites is 1. The van der Waals surface area contributed by atoms with E-state index in [1.165, 1.54) is 37.3 Å². The zero-order valence-corrected chi connectivity index (χ0v) is 12.4. The normalized spacial score (nSPS) is 17.5. The molecule has 1 aromatic carbocycles. The molecule has 0 bridgehead atoms. The minimum atomic E-state index is -3.50. The van der Waals surface area contributed by atoms with E-state index in [0.717, 1.165) is 6.54 Å². The van der Waals surface area contributed by atoms with Crippen molar-refractivity contribution in [3.05, 3.63) is 18.2 Å². The quantitative estimate of drug-likeness (QED) is 0.807. The second kappa shape index (κ2) is 4.68. The SMILES string of the molecule is CN(C)S(=O)(=O)c1cccc(NCC2(C)CC2)c1N. The van der Waals surface area contributed by atoms with Gasteiger partial charge in [0.25, 0.3) is 0 Å². The van der Waals surface area contributed by atoms with Gasteiger partial charge in [0.15, 0.2) is 0 Å². The van der Waals surface area contributed by atoms with Gasteiger partial charge in [-0.25, -0.2) is 12.7 Å². The summed E-state index contributed by atoms with van der Waals surface area (Å²) in [6, 6.07) is 5.06. The Morgan fingerprint density at radius 1 is 1.37 bits per heavy atom. The van der Waals surface area contributed by atoms with Crippen molar-refractivity contribution in [1.82, 2.24) is 4.31 Å². The van der Waals surface area contributed by atoms with E-state index in [-0.39, 0.29) is 4.90 Å². The fourth-order valence-electron chi connectivity index (χ4n) is 1.82. The molecule has 1 fully saturated rings. The summed E-state index contributed by atoms with van der Waals surface area (Å²) in [5.74, 6) is 0. The third-order valence-corrected chi connectivity index (χ3v) is 5.51. The van der Waals surface area contributed by atoms with Gasteiger partial charge in [-0.15, -0.1) is 0 Å². The molecule has 0 radical (unpaired) electrons. The Balaban J connectivity index is 2.27. The molecule has 0 aromatic heterocycles. The number of nitrogens with zero attached hydrogens (tertiary/aromatic N) is 1. The number of nitrogens with two attached hydrogens (primary N) is 1.